The predicted octanol–water partition coefficient (Wildman–Crippen LogP) is 3.24. The Labute approximate surface area is 94.6 Å². The summed E-state index contributed by atoms with van der Waals surface area (Å²) in [5, 5.41) is 5.73. The average Bonchev–Trinajstić information content (AvgIpc) is 2.17. The van der Waals surface area contributed by atoms with Crippen LogP contribution in [0.1, 0.15) is 25.0 Å². The highest BCUT2D eigenvalue weighted by Crippen LogP contribution is 2.27. The minimum absolute atomic E-state index is 0.0406. The van der Waals surface area contributed by atoms with E-state index in [1.54, 1.807) is 24.3 Å². The Morgan fingerprint density at radius 3 is 2.69 bits per heavy atom. The maximum atomic E-state index is 13.1. The number of halogens is 2. The SMILES string of the molecule is C/C=N\N(C)Cc1cccc(C(C)(F)F)c1. The molecule has 2 nitrogen and oxygen atoms in total. The Balaban J connectivity index is 2.83. The smallest absolute Gasteiger partial charge is 0.270 e. The van der Waals surface area contributed by atoms with Crippen molar-refractivity contribution in [3.05, 3.63) is 35.4 Å². The summed E-state index contributed by atoms with van der Waals surface area (Å²) in [7, 11) is 1.80. The van der Waals surface area contributed by atoms with E-state index in [0.29, 0.717) is 6.54 Å². The van der Waals surface area contributed by atoms with Crippen molar-refractivity contribution in [2.24, 2.45) is 5.10 Å². The summed E-state index contributed by atoms with van der Waals surface area (Å²) in [5.74, 6) is -2.79. The van der Waals surface area contributed by atoms with Crippen LogP contribution in [0.15, 0.2) is 29.4 Å². The zero-order chi connectivity index (χ0) is 12.2. The zero-order valence-corrected chi connectivity index (χ0v) is 9.74. The van der Waals surface area contributed by atoms with Gasteiger partial charge in [0.15, 0.2) is 0 Å². The summed E-state index contributed by atoms with van der Waals surface area (Å²) in [6.07, 6.45) is 1.66. The molecular weight excluding hydrogens is 210 g/mol. The van der Waals surface area contributed by atoms with Crippen LogP contribution < -0.4 is 0 Å². The molecule has 0 amide bonds. The van der Waals surface area contributed by atoms with Crippen molar-refractivity contribution in [2.45, 2.75) is 26.3 Å². The van der Waals surface area contributed by atoms with Crippen LogP contribution in [0.3, 0.4) is 0 Å². The third kappa shape index (κ3) is 3.61. The molecule has 16 heavy (non-hydrogen) atoms. The lowest BCUT2D eigenvalue weighted by atomic mass is 10.1. The first-order chi connectivity index (χ1) is 7.43. The molecule has 88 valence electrons. The Morgan fingerprint density at radius 1 is 1.44 bits per heavy atom. The van der Waals surface area contributed by atoms with E-state index in [4.69, 9.17) is 0 Å². The van der Waals surface area contributed by atoms with E-state index in [-0.39, 0.29) is 5.56 Å². The van der Waals surface area contributed by atoms with Gasteiger partial charge in [0.2, 0.25) is 0 Å². The van der Waals surface area contributed by atoms with Gasteiger partial charge in [0, 0.05) is 25.7 Å². The van der Waals surface area contributed by atoms with Crippen LogP contribution in [0, 0.1) is 0 Å². The number of hydrogen-bond acceptors (Lipinski definition) is 2. The van der Waals surface area contributed by atoms with E-state index in [9.17, 15) is 8.78 Å². The molecule has 0 aliphatic rings. The fourth-order valence-electron chi connectivity index (χ4n) is 1.44. The van der Waals surface area contributed by atoms with Crippen LogP contribution in [-0.2, 0) is 12.5 Å². The molecule has 0 atom stereocenters. The van der Waals surface area contributed by atoms with Gasteiger partial charge in [-0.1, -0.05) is 18.2 Å². The van der Waals surface area contributed by atoms with Crippen LogP contribution >= 0.6 is 0 Å². The van der Waals surface area contributed by atoms with Gasteiger partial charge in [0.25, 0.3) is 5.92 Å². The van der Waals surface area contributed by atoms with Gasteiger partial charge in [-0.05, 0) is 18.6 Å². The first-order valence-corrected chi connectivity index (χ1v) is 5.10. The average molecular weight is 226 g/mol. The van der Waals surface area contributed by atoms with Crippen LogP contribution in [-0.4, -0.2) is 18.3 Å². The van der Waals surface area contributed by atoms with Gasteiger partial charge >= 0.3 is 0 Å². The second-order valence-electron chi connectivity index (χ2n) is 3.78. The van der Waals surface area contributed by atoms with Crippen LogP contribution in [0.2, 0.25) is 0 Å². The van der Waals surface area contributed by atoms with Crippen molar-refractivity contribution in [1.29, 1.82) is 0 Å². The monoisotopic (exact) mass is 226 g/mol. The van der Waals surface area contributed by atoms with Crippen LogP contribution in [0.4, 0.5) is 8.78 Å². The highest BCUT2D eigenvalue weighted by Gasteiger charge is 2.24. The van der Waals surface area contributed by atoms with Gasteiger partial charge in [0.05, 0.1) is 6.54 Å². The highest BCUT2D eigenvalue weighted by molar-refractivity contribution is 5.52. The summed E-state index contributed by atoms with van der Waals surface area (Å²) in [6.45, 7) is 3.24. The third-order valence-electron chi connectivity index (χ3n) is 2.16. The molecule has 1 rings (SSSR count). The zero-order valence-electron chi connectivity index (χ0n) is 9.74. The number of hydrogen-bond donors (Lipinski definition) is 0. The Hall–Kier alpha value is -1.45. The topological polar surface area (TPSA) is 15.6 Å². The van der Waals surface area contributed by atoms with E-state index < -0.39 is 5.92 Å². The summed E-state index contributed by atoms with van der Waals surface area (Å²) in [6, 6.07) is 6.41. The molecule has 1 aromatic carbocycles. The summed E-state index contributed by atoms with van der Waals surface area (Å²) in [5.41, 5.74) is 0.867. The number of benzene rings is 1. The molecule has 0 saturated heterocycles. The minimum atomic E-state index is -2.79. The van der Waals surface area contributed by atoms with Gasteiger partial charge in [-0.3, -0.25) is 5.01 Å². The van der Waals surface area contributed by atoms with Crippen molar-refractivity contribution in [3.8, 4) is 0 Å². The van der Waals surface area contributed by atoms with Crippen molar-refractivity contribution < 1.29 is 8.78 Å². The standard InChI is InChI=1S/C12H16F2N2/c1-4-15-16(3)9-10-6-5-7-11(8-10)12(2,13)14/h4-8H,9H2,1-3H3/b15-4-. The molecule has 0 heterocycles. The maximum Gasteiger partial charge on any atom is 0.270 e. The quantitative estimate of drug-likeness (QED) is 0.568. The second-order valence-corrected chi connectivity index (χ2v) is 3.78. The largest absolute Gasteiger partial charge is 0.296 e. The molecule has 4 heteroatoms. The van der Waals surface area contributed by atoms with Gasteiger partial charge < -0.3 is 0 Å². The van der Waals surface area contributed by atoms with Crippen molar-refractivity contribution in [1.82, 2.24) is 5.01 Å². The fourth-order valence-corrected chi connectivity index (χ4v) is 1.44. The second kappa shape index (κ2) is 5.05. The van der Waals surface area contributed by atoms with Gasteiger partial charge in [-0.15, -0.1) is 0 Å². The number of rotatable bonds is 4. The van der Waals surface area contributed by atoms with Gasteiger partial charge in [0.1, 0.15) is 0 Å². The van der Waals surface area contributed by atoms with E-state index >= 15 is 0 Å². The van der Waals surface area contributed by atoms with Crippen LogP contribution in [0.5, 0.6) is 0 Å². The number of nitrogens with zero attached hydrogens (tertiary/aromatic N) is 2. The number of hydrazone groups is 1. The molecule has 0 aliphatic carbocycles. The summed E-state index contributed by atoms with van der Waals surface area (Å²) in [4.78, 5) is 0. The van der Waals surface area contributed by atoms with E-state index in [2.05, 4.69) is 5.10 Å². The molecule has 0 aliphatic heterocycles. The predicted molar refractivity (Wildman–Crippen MR) is 61.6 cm³/mol. The van der Waals surface area contributed by atoms with Crippen molar-refractivity contribution in [3.63, 3.8) is 0 Å². The van der Waals surface area contributed by atoms with Gasteiger partial charge in [-0.2, -0.15) is 5.10 Å². The van der Waals surface area contributed by atoms with Gasteiger partial charge in [-0.25, -0.2) is 8.78 Å². The molecule has 0 bridgehead atoms. The lowest BCUT2D eigenvalue weighted by Crippen LogP contribution is -2.12. The van der Waals surface area contributed by atoms with Crippen LogP contribution in [0.25, 0.3) is 0 Å². The third-order valence-corrected chi connectivity index (χ3v) is 2.16. The Kier molecular flexibility index (Phi) is 3.99. The molecule has 0 aromatic heterocycles. The summed E-state index contributed by atoms with van der Waals surface area (Å²) >= 11 is 0. The van der Waals surface area contributed by atoms with E-state index in [0.717, 1.165) is 12.5 Å². The molecule has 0 fully saturated rings. The molecule has 1 aromatic rings. The Bertz CT molecular complexity index is 370. The lowest BCUT2D eigenvalue weighted by molar-refractivity contribution is 0.0173. The van der Waals surface area contributed by atoms with E-state index in [1.807, 2.05) is 13.0 Å². The van der Waals surface area contributed by atoms with Crippen molar-refractivity contribution in [2.75, 3.05) is 7.05 Å². The van der Waals surface area contributed by atoms with E-state index in [1.165, 1.54) is 12.1 Å². The number of alkyl halides is 2. The lowest BCUT2D eigenvalue weighted by Gasteiger charge is -2.15. The first kappa shape index (κ1) is 12.6. The summed E-state index contributed by atoms with van der Waals surface area (Å²) < 4.78 is 26.2. The molecule has 0 spiro atoms. The normalized spacial score (nSPS) is 12.1. The molecule has 0 radical (unpaired) electrons. The Morgan fingerprint density at radius 2 is 2.12 bits per heavy atom. The molecule has 0 saturated carbocycles. The highest BCUT2D eigenvalue weighted by atomic mass is 19.3. The van der Waals surface area contributed by atoms with Crippen molar-refractivity contribution >= 4 is 6.21 Å². The molecule has 0 unspecified atom stereocenters. The molecule has 0 N–H and O–H groups in total. The minimum Gasteiger partial charge on any atom is -0.296 e. The first-order valence-electron chi connectivity index (χ1n) is 5.10. The fraction of sp³-hybridized carbons (Fsp3) is 0.417. The maximum absolute atomic E-state index is 13.1. The molecular formula is C12H16F2N2.